The van der Waals surface area contributed by atoms with Gasteiger partial charge in [-0.3, -0.25) is 14.2 Å². The Balaban J connectivity index is 1.43. The van der Waals surface area contributed by atoms with Gasteiger partial charge in [0.15, 0.2) is 5.16 Å². The molecule has 0 radical (unpaired) electrons. The van der Waals surface area contributed by atoms with E-state index in [1.807, 2.05) is 4.68 Å². The van der Waals surface area contributed by atoms with Crippen LogP contribution in [0, 0.1) is 5.82 Å². The molecule has 1 fully saturated rings. The van der Waals surface area contributed by atoms with Crippen molar-refractivity contribution in [3.63, 3.8) is 0 Å². The zero-order valence-electron chi connectivity index (χ0n) is 18.1. The Labute approximate surface area is 203 Å². The van der Waals surface area contributed by atoms with Gasteiger partial charge in [-0.25, -0.2) is 14.1 Å². The van der Waals surface area contributed by atoms with E-state index in [0.717, 1.165) is 37.4 Å². The van der Waals surface area contributed by atoms with Crippen molar-refractivity contribution in [1.82, 2.24) is 19.3 Å². The number of nitrogens with one attached hydrogen (secondary N) is 1. The van der Waals surface area contributed by atoms with Gasteiger partial charge in [0, 0.05) is 6.07 Å². The predicted molar refractivity (Wildman–Crippen MR) is 131 cm³/mol. The van der Waals surface area contributed by atoms with Gasteiger partial charge in [0.2, 0.25) is 5.91 Å². The lowest BCUT2D eigenvalue weighted by Crippen LogP contribution is -2.23. The molecule has 0 bridgehead atoms. The molecule has 7 nitrogen and oxygen atoms in total. The summed E-state index contributed by atoms with van der Waals surface area (Å²) in [6.45, 7) is 0. The predicted octanol–water partition coefficient (Wildman–Crippen LogP) is 5.22. The summed E-state index contributed by atoms with van der Waals surface area (Å²) in [5, 5.41) is 7.92. The van der Waals surface area contributed by atoms with Gasteiger partial charge < -0.3 is 5.32 Å². The van der Waals surface area contributed by atoms with Crippen LogP contribution in [0.4, 0.5) is 10.2 Å². The van der Waals surface area contributed by atoms with E-state index in [4.69, 9.17) is 11.6 Å². The molecule has 1 N–H and O–H groups in total. The molecule has 2 heterocycles. The molecule has 1 aliphatic rings. The molecule has 0 saturated heterocycles. The summed E-state index contributed by atoms with van der Waals surface area (Å²) >= 11 is 7.09. The second-order valence-electron chi connectivity index (χ2n) is 8.09. The molecule has 0 aliphatic heterocycles. The molecule has 2 aromatic carbocycles. The Morgan fingerprint density at radius 3 is 2.76 bits per heavy atom. The minimum absolute atomic E-state index is 0.0234. The van der Waals surface area contributed by atoms with Crippen LogP contribution in [0.1, 0.15) is 31.7 Å². The molecule has 1 aliphatic carbocycles. The average Bonchev–Trinajstić information content (AvgIpc) is 3.52. The first-order chi connectivity index (χ1) is 16.5. The summed E-state index contributed by atoms with van der Waals surface area (Å²) in [6.07, 6.45) is 6.10. The monoisotopic (exact) mass is 497 g/mol. The van der Waals surface area contributed by atoms with Crippen molar-refractivity contribution < 1.29 is 9.18 Å². The lowest BCUT2D eigenvalue weighted by Gasteiger charge is -2.15. The molecule has 0 atom stereocenters. The Morgan fingerprint density at radius 2 is 1.97 bits per heavy atom. The fraction of sp³-hybridized carbons (Fsp3) is 0.250. The van der Waals surface area contributed by atoms with E-state index in [-0.39, 0.29) is 22.2 Å². The van der Waals surface area contributed by atoms with Gasteiger partial charge in [0.05, 0.1) is 39.6 Å². The van der Waals surface area contributed by atoms with Crippen LogP contribution >= 0.6 is 23.4 Å². The number of thioether (sulfide) groups is 1. The first-order valence-corrected chi connectivity index (χ1v) is 12.3. The number of nitrogens with zero attached hydrogens (tertiary/aromatic N) is 4. The summed E-state index contributed by atoms with van der Waals surface area (Å²) in [4.78, 5) is 30.7. The second kappa shape index (κ2) is 9.60. The molecule has 10 heteroatoms. The highest BCUT2D eigenvalue weighted by atomic mass is 35.5. The largest absolute Gasteiger partial charge is 0.310 e. The van der Waals surface area contributed by atoms with E-state index in [2.05, 4.69) is 15.4 Å². The van der Waals surface area contributed by atoms with Gasteiger partial charge in [-0.2, -0.15) is 5.10 Å². The standard InChI is InChI=1S/C24H21ClFN5O2S/c25-18-13-16(9-10-19(18)26)30-23(33)17-7-3-4-8-20(17)28-24(30)34-14-22(32)29-21-11-12-27-31(21)15-5-1-2-6-15/h3-4,7-13,15H,1-2,5-6,14H2,(H,29,32). The number of halogens is 2. The number of hydrogen-bond donors (Lipinski definition) is 1. The van der Waals surface area contributed by atoms with E-state index in [1.165, 1.54) is 22.8 Å². The molecule has 174 valence electrons. The maximum Gasteiger partial charge on any atom is 0.266 e. The van der Waals surface area contributed by atoms with E-state index >= 15 is 0 Å². The summed E-state index contributed by atoms with van der Waals surface area (Å²) in [7, 11) is 0. The minimum atomic E-state index is -0.584. The second-order valence-corrected chi connectivity index (χ2v) is 9.44. The van der Waals surface area contributed by atoms with Crippen molar-refractivity contribution in [3.05, 3.63) is 75.9 Å². The van der Waals surface area contributed by atoms with Crippen molar-refractivity contribution >= 4 is 46.0 Å². The lowest BCUT2D eigenvalue weighted by molar-refractivity contribution is -0.113. The van der Waals surface area contributed by atoms with Crippen LogP contribution < -0.4 is 10.9 Å². The van der Waals surface area contributed by atoms with Crippen LogP contribution in [-0.2, 0) is 4.79 Å². The lowest BCUT2D eigenvalue weighted by atomic mass is 10.2. The molecule has 2 aromatic heterocycles. The topological polar surface area (TPSA) is 81.8 Å². The first-order valence-electron chi connectivity index (χ1n) is 10.9. The van der Waals surface area contributed by atoms with Gasteiger partial charge in [-0.1, -0.05) is 48.3 Å². The fourth-order valence-electron chi connectivity index (χ4n) is 4.22. The number of benzene rings is 2. The van der Waals surface area contributed by atoms with Crippen LogP contribution in [0.25, 0.3) is 16.6 Å². The van der Waals surface area contributed by atoms with Crippen molar-refractivity contribution in [2.24, 2.45) is 0 Å². The number of amides is 1. The molecule has 0 spiro atoms. The van der Waals surface area contributed by atoms with E-state index < -0.39 is 5.82 Å². The zero-order valence-corrected chi connectivity index (χ0v) is 19.7. The molecule has 1 amide bonds. The highest BCUT2D eigenvalue weighted by Gasteiger charge is 2.21. The molecule has 0 unspecified atom stereocenters. The van der Waals surface area contributed by atoms with Crippen molar-refractivity contribution in [3.8, 4) is 5.69 Å². The summed E-state index contributed by atoms with van der Waals surface area (Å²) in [6, 6.07) is 13.1. The number of fused-ring (bicyclic) bond motifs is 1. The van der Waals surface area contributed by atoms with Crippen LogP contribution in [0.5, 0.6) is 0 Å². The molecule has 4 aromatic rings. The number of carbonyl (C=O) groups is 1. The van der Waals surface area contributed by atoms with Gasteiger partial charge in [0.1, 0.15) is 11.6 Å². The van der Waals surface area contributed by atoms with Crippen LogP contribution in [0.2, 0.25) is 5.02 Å². The summed E-state index contributed by atoms with van der Waals surface area (Å²) in [5.74, 6) is -0.141. The van der Waals surface area contributed by atoms with E-state index in [0.29, 0.717) is 33.6 Å². The maximum atomic E-state index is 13.7. The SMILES string of the molecule is O=C(CSc1nc2ccccc2c(=O)n1-c1ccc(F)c(Cl)c1)Nc1ccnn1C1CCCC1. The molecule has 1 saturated carbocycles. The third-order valence-electron chi connectivity index (χ3n) is 5.85. The number of anilines is 1. The number of carbonyl (C=O) groups excluding carboxylic acids is 1. The number of aromatic nitrogens is 4. The number of hydrogen-bond acceptors (Lipinski definition) is 5. The maximum absolute atomic E-state index is 13.7. The third kappa shape index (κ3) is 4.45. The Morgan fingerprint density at radius 1 is 1.18 bits per heavy atom. The zero-order chi connectivity index (χ0) is 23.7. The van der Waals surface area contributed by atoms with E-state index in [9.17, 15) is 14.0 Å². The van der Waals surface area contributed by atoms with Crippen molar-refractivity contribution in [2.45, 2.75) is 36.9 Å². The fourth-order valence-corrected chi connectivity index (χ4v) is 5.21. The van der Waals surface area contributed by atoms with Crippen LogP contribution in [0.3, 0.4) is 0 Å². The highest BCUT2D eigenvalue weighted by molar-refractivity contribution is 7.99. The van der Waals surface area contributed by atoms with Crippen molar-refractivity contribution in [2.75, 3.05) is 11.1 Å². The molecular formula is C24H21ClFN5O2S. The van der Waals surface area contributed by atoms with Crippen LogP contribution in [0.15, 0.2) is 64.7 Å². The average molecular weight is 498 g/mol. The molecule has 5 rings (SSSR count). The van der Waals surface area contributed by atoms with Crippen LogP contribution in [-0.4, -0.2) is 31.0 Å². The first kappa shape index (κ1) is 22.6. The van der Waals surface area contributed by atoms with Gasteiger partial charge in [-0.15, -0.1) is 0 Å². The van der Waals surface area contributed by atoms with Gasteiger partial charge in [0.25, 0.3) is 5.56 Å². The summed E-state index contributed by atoms with van der Waals surface area (Å²) < 4.78 is 17.0. The molecule has 34 heavy (non-hydrogen) atoms. The van der Waals surface area contributed by atoms with E-state index in [1.54, 1.807) is 36.5 Å². The molecular weight excluding hydrogens is 477 g/mol. The Kier molecular flexibility index (Phi) is 6.38. The Bertz CT molecular complexity index is 1430. The van der Waals surface area contributed by atoms with Gasteiger partial charge >= 0.3 is 0 Å². The van der Waals surface area contributed by atoms with Crippen molar-refractivity contribution in [1.29, 1.82) is 0 Å². The number of rotatable bonds is 6. The minimum Gasteiger partial charge on any atom is -0.310 e. The normalized spacial score (nSPS) is 14.1. The van der Waals surface area contributed by atoms with Gasteiger partial charge in [-0.05, 0) is 43.2 Å². The highest BCUT2D eigenvalue weighted by Crippen LogP contribution is 2.31. The quantitative estimate of drug-likeness (QED) is 0.292. The smallest absolute Gasteiger partial charge is 0.266 e. The Hall–Kier alpha value is -3.17. The summed E-state index contributed by atoms with van der Waals surface area (Å²) in [5.41, 5.74) is 0.562. The third-order valence-corrected chi connectivity index (χ3v) is 7.08. The number of para-hydroxylation sites is 1.